The molecule has 1 atom stereocenters. The number of ether oxygens (including phenoxy) is 1. The molecule has 0 bridgehead atoms. The number of hydrogen-bond acceptors (Lipinski definition) is 3. The van der Waals surface area contributed by atoms with Gasteiger partial charge < -0.3 is 10.1 Å². The number of nitriles is 1. The molecule has 0 aromatic heterocycles. The van der Waals surface area contributed by atoms with E-state index in [0.717, 1.165) is 38.9 Å². The van der Waals surface area contributed by atoms with Crippen LogP contribution in [0.25, 0.3) is 0 Å². The monoisotopic (exact) mass is 212 g/mol. The maximum atomic E-state index is 8.91. The summed E-state index contributed by atoms with van der Waals surface area (Å²) in [6, 6.07) is 2.29. The highest BCUT2D eigenvalue weighted by atomic mass is 16.5. The Morgan fingerprint density at radius 2 is 1.93 bits per heavy atom. The standard InChI is InChI=1S/C12H24N2O/c1-4-5-9-15-10-7-6-8-12(2,11-13)14-3/h14H,4-10H2,1-3H3. The molecule has 0 fully saturated rings. The Morgan fingerprint density at radius 1 is 1.27 bits per heavy atom. The van der Waals surface area contributed by atoms with Gasteiger partial charge in [0.15, 0.2) is 0 Å². The topological polar surface area (TPSA) is 45.0 Å². The van der Waals surface area contributed by atoms with Crippen LogP contribution in [0.15, 0.2) is 0 Å². The first-order chi connectivity index (χ1) is 7.18. The minimum atomic E-state index is -0.372. The SMILES string of the molecule is CCCCOCCCCC(C)(C#N)NC. The van der Waals surface area contributed by atoms with Gasteiger partial charge in [0.25, 0.3) is 0 Å². The quantitative estimate of drug-likeness (QED) is 0.597. The van der Waals surface area contributed by atoms with Crippen LogP contribution in [0.2, 0.25) is 0 Å². The van der Waals surface area contributed by atoms with Gasteiger partial charge in [-0.1, -0.05) is 13.3 Å². The summed E-state index contributed by atoms with van der Waals surface area (Å²) in [7, 11) is 1.83. The Bertz CT molecular complexity index is 189. The fourth-order valence-corrected chi connectivity index (χ4v) is 1.27. The summed E-state index contributed by atoms with van der Waals surface area (Å²) in [5, 5.41) is 12.0. The van der Waals surface area contributed by atoms with Gasteiger partial charge in [0.05, 0.1) is 6.07 Å². The van der Waals surface area contributed by atoms with Crippen LogP contribution in [-0.2, 0) is 4.74 Å². The average Bonchev–Trinajstić information content (AvgIpc) is 2.27. The van der Waals surface area contributed by atoms with Crippen molar-refractivity contribution in [3.63, 3.8) is 0 Å². The van der Waals surface area contributed by atoms with Gasteiger partial charge in [0.1, 0.15) is 5.54 Å². The van der Waals surface area contributed by atoms with E-state index >= 15 is 0 Å². The van der Waals surface area contributed by atoms with Crippen LogP contribution < -0.4 is 5.32 Å². The molecular formula is C12H24N2O. The molecular weight excluding hydrogens is 188 g/mol. The Labute approximate surface area is 93.8 Å². The third-order valence-corrected chi connectivity index (χ3v) is 2.66. The highest BCUT2D eigenvalue weighted by Gasteiger charge is 2.19. The number of rotatable bonds is 9. The number of hydrogen-bond donors (Lipinski definition) is 1. The second-order valence-corrected chi connectivity index (χ2v) is 4.12. The molecule has 0 aromatic carbocycles. The molecule has 0 aliphatic carbocycles. The molecule has 0 radical (unpaired) electrons. The van der Waals surface area contributed by atoms with Crippen LogP contribution >= 0.6 is 0 Å². The Hall–Kier alpha value is -0.590. The fourth-order valence-electron chi connectivity index (χ4n) is 1.27. The minimum absolute atomic E-state index is 0.372. The van der Waals surface area contributed by atoms with Crippen molar-refractivity contribution in [2.24, 2.45) is 0 Å². The zero-order valence-corrected chi connectivity index (χ0v) is 10.3. The minimum Gasteiger partial charge on any atom is -0.381 e. The smallest absolute Gasteiger partial charge is 0.103 e. The number of nitrogens with one attached hydrogen (secondary N) is 1. The van der Waals surface area contributed by atoms with Gasteiger partial charge >= 0.3 is 0 Å². The summed E-state index contributed by atoms with van der Waals surface area (Å²) in [4.78, 5) is 0. The average molecular weight is 212 g/mol. The maximum absolute atomic E-state index is 8.91. The van der Waals surface area contributed by atoms with Gasteiger partial charge in [-0.3, -0.25) is 0 Å². The Morgan fingerprint density at radius 3 is 2.47 bits per heavy atom. The van der Waals surface area contributed by atoms with Gasteiger partial charge in [-0.15, -0.1) is 0 Å². The van der Waals surface area contributed by atoms with Crippen molar-refractivity contribution in [3.05, 3.63) is 0 Å². The van der Waals surface area contributed by atoms with Crippen molar-refractivity contribution in [3.8, 4) is 6.07 Å². The first-order valence-corrected chi connectivity index (χ1v) is 5.86. The van der Waals surface area contributed by atoms with Crippen molar-refractivity contribution in [1.82, 2.24) is 5.32 Å². The molecule has 15 heavy (non-hydrogen) atoms. The van der Waals surface area contributed by atoms with E-state index in [-0.39, 0.29) is 5.54 Å². The van der Waals surface area contributed by atoms with Gasteiger partial charge in [0, 0.05) is 13.2 Å². The molecule has 3 heteroatoms. The predicted octanol–water partition coefficient (Wildman–Crippen LogP) is 2.48. The van der Waals surface area contributed by atoms with E-state index < -0.39 is 0 Å². The van der Waals surface area contributed by atoms with Gasteiger partial charge in [-0.25, -0.2) is 0 Å². The lowest BCUT2D eigenvalue weighted by molar-refractivity contribution is 0.126. The fraction of sp³-hybridized carbons (Fsp3) is 0.917. The summed E-state index contributed by atoms with van der Waals surface area (Å²) in [6.07, 6.45) is 5.30. The van der Waals surface area contributed by atoms with E-state index in [1.54, 1.807) is 0 Å². The molecule has 0 saturated carbocycles. The van der Waals surface area contributed by atoms with Crippen molar-refractivity contribution < 1.29 is 4.74 Å². The number of nitrogens with zero attached hydrogens (tertiary/aromatic N) is 1. The molecule has 0 saturated heterocycles. The van der Waals surface area contributed by atoms with E-state index in [1.807, 2.05) is 14.0 Å². The van der Waals surface area contributed by atoms with Crippen LogP contribution in [0.3, 0.4) is 0 Å². The summed E-state index contributed by atoms with van der Waals surface area (Å²) in [5.41, 5.74) is -0.372. The molecule has 3 nitrogen and oxygen atoms in total. The summed E-state index contributed by atoms with van der Waals surface area (Å²) < 4.78 is 5.45. The molecule has 0 aromatic rings. The predicted molar refractivity (Wildman–Crippen MR) is 62.7 cm³/mol. The molecule has 1 unspecified atom stereocenters. The van der Waals surface area contributed by atoms with Gasteiger partial charge in [-0.2, -0.15) is 5.26 Å². The van der Waals surface area contributed by atoms with E-state index in [1.165, 1.54) is 6.42 Å². The van der Waals surface area contributed by atoms with Crippen LogP contribution in [0, 0.1) is 11.3 Å². The zero-order chi connectivity index (χ0) is 11.6. The van der Waals surface area contributed by atoms with Crippen LogP contribution in [-0.4, -0.2) is 25.8 Å². The molecule has 0 aliphatic rings. The maximum Gasteiger partial charge on any atom is 0.103 e. The van der Waals surface area contributed by atoms with Gasteiger partial charge in [-0.05, 0) is 39.7 Å². The van der Waals surface area contributed by atoms with Crippen LogP contribution in [0.5, 0.6) is 0 Å². The summed E-state index contributed by atoms with van der Waals surface area (Å²) >= 11 is 0. The van der Waals surface area contributed by atoms with Gasteiger partial charge in [0.2, 0.25) is 0 Å². The van der Waals surface area contributed by atoms with Crippen LogP contribution in [0.4, 0.5) is 0 Å². The molecule has 0 heterocycles. The highest BCUT2D eigenvalue weighted by Crippen LogP contribution is 2.11. The summed E-state index contributed by atoms with van der Waals surface area (Å²) in [6.45, 7) is 5.79. The molecule has 0 amide bonds. The second kappa shape index (κ2) is 8.70. The summed E-state index contributed by atoms with van der Waals surface area (Å²) in [5.74, 6) is 0. The van der Waals surface area contributed by atoms with Crippen molar-refractivity contribution in [2.75, 3.05) is 20.3 Å². The first kappa shape index (κ1) is 14.4. The molecule has 88 valence electrons. The first-order valence-electron chi connectivity index (χ1n) is 5.86. The Kier molecular flexibility index (Phi) is 8.35. The molecule has 0 spiro atoms. The van der Waals surface area contributed by atoms with Crippen molar-refractivity contribution >= 4 is 0 Å². The largest absolute Gasteiger partial charge is 0.381 e. The third kappa shape index (κ3) is 7.35. The lowest BCUT2D eigenvalue weighted by Crippen LogP contribution is -2.37. The number of unbranched alkanes of at least 4 members (excludes halogenated alkanes) is 2. The van der Waals surface area contributed by atoms with E-state index in [4.69, 9.17) is 10.00 Å². The second-order valence-electron chi connectivity index (χ2n) is 4.12. The van der Waals surface area contributed by atoms with Crippen LogP contribution in [0.1, 0.15) is 46.0 Å². The van der Waals surface area contributed by atoms with E-state index in [9.17, 15) is 0 Å². The van der Waals surface area contributed by atoms with Crippen molar-refractivity contribution in [1.29, 1.82) is 5.26 Å². The molecule has 0 rings (SSSR count). The highest BCUT2D eigenvalue weighted by molar-refractivity contribution is 5.02. The van der Waals surface area contributed by atoms with Crippen molar-refractivity contribution in [2.45, 2.75) is 51.5 Å². The normalized spacial score (nSPS) is 14.5. The zero-order valence-electron chi connectivity index (χ0n) is 10.3. The molecule has 0 aliphatic heterocycles. The lowest BCUT2D eigenvalue weighted by atomic mass is 9.97. The molecule has 1 N–H and O–H groups in total. The van der Waals surface area contributed by atoms with E-state index in [2.05, 4.69) is 18.3 Å². The van der Waals surface area contributed by atoms with E-state index in [0.29, 0.717) is 0 Å². The third-order valence-electron chi connectivity index (χ3n) is 2.66. The Balaban J connectivity index is 3.35. The lowest BCUT2D eigenvalue weighted by Gasteiger charge is -2.20.